The van der Waals surface area contributed by atoms with Crippen LogP contribution in [-0.2, 0) is 32.7 Å². The third-order valence-corrected chi connectivity index (χ3v) is 10.6. The maximum Gasteiger partial charge on any atom is 0.472 e. The van der Waals surface area contributed by atoms with Crippen molar-refractivity contribution in [3.8, 4) is 0 Å². The molecule has 0 aromatic rings. The van der Waals surface area contributed by atoms with Gasteiger partial charge in [0.2, 0.25) is 0 Å². The van der Waals surface area contributed by atoms with E-state index in [9.17, 15) is 19.0 Å². The Hall–Kier alpha value is -2.07. The first kappa shape index (κ1) is 54.9. The number of carboxylic acids is 1. The number of aliphatic carboxylic acids is 1. The van der Waals surface area contributed by atoms with Crippen LogP contribution in [0.3, 0.4) is 0 Å². The fourth-order valence-corrected chi connectivity index (χ4v) is 6.90. The van der Waals surface area contributed by atoms with E-state index in [0.717, 1.165) is 70.6 Å². The molecule has 57 heavy (non-hydrogen) atoms. The highest BCUT2D eigenvalue weighted by Gasteiger charge is 2.27. The summed E-state index contributed by atoms with van der Waals surface area (Å²) in [6, 6.07) is -1.47. The number of carbonyl (C=O) groups is 2. The van der Waals surface area contributed by atoms with Gasteiger partial charge in [0.1, 0.15) is 12.1 Å². The number of nitrogens with two attached hydrogens (primary N) is 1. The Kier molecular flexibility index (Phi) is 40.5. The van der Waals surface area contributed by atoms with Crippen LogP contribution < -0.4 is 5.73 Å². The van der Waals surface area contributed by atoms with Gasteiger partial charge >= 0.3 is 19.8 Å². The summed E-state index contributed by atoms with van der Waals surface area (Å²) < 4.78 is 33.4. The highest BCUT2D eigenvalue weighted by Crippen LogP contribution is 2.43. The van der Waals surface area contributed by atoms with E-state index < -0.39 is 45.1 Å². The predicted octanol–water partition coefficient (Wildman–Crippen LogP) is 12.6. The normalized spacial score (nSPS) is 14.3. The number of carbonyl (C=O) groups excluding carboxylic acids is 1. The Morgan fingerprint density at radius 3 is 1.53 bits per heavy atom. The molecule has 3 unspecified atom stereocenters. The minimum absolute atomic E-state index is 0.0150. The third-order valence-electron chi connectivity index (χ3n) is 9.62. The standard InChI is InChI=1S/C46H84NO9P/c1-3-5-7-9-11-13-15-17-19-20-21-22-23-24-25-26-28-30-32-34-36-38-45(48)56-43(41-54-57(51,52)55-42-44(47)46(49)50)40-53-39-37-35-33-31-29-27-18-16-14-12-10-8-6-4-2/h5,7,11,13,17,19,21-22,43-44H,3-4,6,8-10,12,14-16,18,20,23-42,47H2,1-2H3,(H,49,50)(H,51,52)/b7-5-,13-11-,19-17-,22-21-. The van der Waals surface area contributed by atoms with Gasteiger partial charge in [-0.15, -0.1) is 0 Å². The van der Waals surface area contributed by atoms with Gasteiger partial charge in [0.25, 0.3) is 0 Å². The van der Waals surface area contributed by atoms with Crippen molar-refractivity contribution in [1.29, 1.82) is 0 Å². The molecule has 4 N–H and O–H groups in total. The van der Waals surface area contributed by atoms with E-state index in [-0.39, 0.29) is 13.0 Å². The van der Waals surface area contributed by atoms with Gasteiger partial charge in [0, 0.05) is 13.0 Å². The van der Waals surface area contributed by atoms with Gasteiger partial charge in [-0.25, -0.2) is 4.57 Å². The van der Waals surface area contributed by atoms with Gasteiger partial charge in [-0.2, -0.15) is 0 Å². The van der Waals surface area contributed by atoms with E-state index in [1.165, 1.54) is 96.3 Å². The fraction of sp³-hybridized carbons (Fsp3) is 0.783. The number of unbranched alkanes of at least 4 members (excludes halogenated alkanes) is 21. The molecule has 3 atom stereocenters. The largest absolute Gasteiger partial charge is 0.480 e. The van der Waals surface area contributed by atoms with Crippen molar-refractivity contribution in [2.75, 3.05) is 26.4 Å². The molecule has 0 saturated carbocycles. The maximum absolute atomic E-state index is 12.6. The molecule has 0 fully saturated rings. The number of esters is 1. The summed E-state index contributed by atoms with van der Waals surface area (Å²) in [5, 5.41) is 8.90. The summed E-state index contributed by atoms with van der Waals surface area (Å²) in [6.45, 7) is 3.77. The van der Waals surface area contributed by atoms with Crippen molar-refractivity contribution in [3.05, 3.63) is 48.6 Å². The maximum atomic E-state index is 12.6. The van der Waals surface area contributed by atoms with Crippen LogP contribution in [0, 0.1) is 0 Å². The zero-order valence-corrected chi connectivity index (χ0v) is 37.1. The molecular weight excluding hydrogens is 741 g/mol. The third kappa shape index (κ3) is 41.9. The Balaban J connectivity index is 4.21. The molecule has 0 radical (unpaired) electrons. The Morgan fingerprint density at radius 1 is 0.579 bits per heavy atom. The Bertz CT molecular complexity index is 1090. The summed E-state index contributed by atoms with van der Waals surface area (Å²) in [4.78, 5) is 33.6. The van der Waals surface area contributed by atoms with Crippen LogP contribution in [0.4, 0.5) is 0 Å². The fourth-order valence-electron chi connectivity index (χ4n) is 6.12. The van der Waals surface area contributed by atoms with Crippen molar-refractivity contribution in [3.63, 3.8) is 0 Å². The molecule has 0 saturated heterocycles. The van der Waals surface area contributed by atoms with Crippen LogP contribution in [0.5, 0.6) is 0 Å². The van der Waals surface area contributed by atoms with Gasteiger partial charge in [-0.05, 0) is 51.4 Å². The molecule has 332 valence electrons. The lowest BCUT2D eigenvalue weighted by Crippen LogP contribution is -2.34. The molecule has 0 heterocycles. The zero-order chi connectivity index (χ0) is 41.9. The summed E-state index contributed by atoms with van der Waals surface area (Å²) in [7, 11) is -4.62. The van der Waals surface area contributed by atoms with Crippen molar-refractivity contribution < 1.29 is 42.7 Å². The van der Waals surface area contributed by atoms with Gasteiger partial charge in [-0.1, -0.05) is 184 Å². The van der Waals surface area contributed by atoms with Crippen LogP contribution >= 0.6 is 7.82 Å². The lowest BCUT2D eigenvalue weighted by Gasteiger charge is -2.20. The van der Waals surface area contributed by atoms with Gasteiger partial charge in [0.05, 0.1) is 19.8 Å². The zero-order valence-electron chi connectivity index (χ0n) is 36.2. The van der Waals surface area contributed by atoms with Crippen molar-refractivity contribution in [2.45, 2.75) is 206 Å². The quantitative estimate of drug-likeness (QED) is 0.0234. The van der Waals surface area contributed by atoms with Gasteiger partial charge in [0.15, 0.2) is 0 Å². The highest BCUT2D eigenvalue weighted by atomic mass is 31.2. The van der Waals surface area contributed by atoms with Gasteiger partial charge < -0.3 is 25.2 Å². The van der Waals surface area contributed by atoms with Gasteiger partial charge in [-0.3, -0.25) is 18.6 Å². The SMILES string of the molecule is CC/C=C\C/C=C\C/C=C\C/C=C\CCCCCCCCCCC(=O)OC(COCCCCCCCCCCCCCCCC)COP(=O)(O)OCC(N)C(=O)O. The van der Waals surface area contributed by atoms with Crippen LogP contribution in [0.15, 0.2) is 48.6 Å². The lowest BCUT2D eigenvalue weighted by atomic mass is 10.0. The summed E-state index contributed by atoms with van der Waals surface area (Å²) in [5.74, 6) is -1.78. The second-order valence-corrected chi connectivity index (χ2v) is 16.6. The van der Waals surface area contributed by atoms with E-state index in [0.29, 0.717) is 13.0 Å². The van der Waals surface area contributed by atoms with Crippen molar-refractivity contribution in [2.24, 2.45) is 5.73 Å². The molecule has 0 spiro atoms. The van der Waals surface area contributed by atoms with Crippen LogP contribution in [-0.4, -0.2) is 60.5 Å². The van der Waals surface area contributed by atoms with Crippen LogP contribution in [0.2, 0.25) is 0 Å². The molecular formula is C46H84NO9P. The lowest BCUT2D eigenvalue weighted by molar-refractivity contribution is -0.154. The first-order valence-electron chi connectivity index (χ1n) is 22.7. The average molecular weight is 826 g/mol. The molecule has 10 nitrogen and oxygen atoms in total. The molecule has 0 aliphatic rings. The smallest absolute Gasteiger partial charge is 0.472 e. The molecule has 0 amide bonds. The summed E-state index contributed by atoms with van der Waals surface area (Å²) in [5.41, 5.74) is 5.36. The van der Waals surface area contributed by atoms with E-state index in [2.05, 4.69) is 62.5 Å². The van der Waals surface area contributed by atoms with Crippen LogP contribution in [0.1, 0.15) is 194 Å². The number of rotatable bonds is 43. The topological polar surface area (TPSA) is 155 Å². The molecule has 0 rings (SSSR count). The Labute approximate surface area is 348 Å². The second-order valence-electron chi connectivity index (χ2n) is 15.2. The number of phosphoric acid groups is 1. The van der Waals surface area contributed by atoms with Crippen molar-refractivity contribution in [1.82, 2.24) is 0 Å². The Morgan fingerprint density at radius 2 is 1.02 bits per heavy atom. The number of hydrogen-bond acceptors (Lipinski definition) is 8. The van der Waals surface area contributed by atoms with E-state index in [1.807, 2.05) is 0 Å². The molecule has 0 aliphatic carbocycles. The number of phosphoric ester groups is 1. The average Bonchev–Trinajstić information content (AvgIpc) is 3.19. The minimum atomic E-state index is -4.62. The van der Waals surface area contributed by atoms with Crippen LogP contribution in [0.25, 0.3) is 0 Å². The first-order chi connectivity index (χ1) is 27.7. The molecule has 11 heteroatoms. The van der Waals surface area contributed by atoms with Crippen molar-refractivity contribution >= 4 is 19.8 Å². The molecule has 0 aliphatic heterocycles. The molecule has 0 aromatic carbocycles. The first-order valence-corrected chi connectivity index (χ1v) is 24.2. The summed E-state index contributed by atoms with van der Waals surface area (Å²) in [6.07, 6.45) is 48.7. The van der Waals surface area contributed by atoms with E-state index >= 15 is 0 Å². The monoisotopic (exact) mass is 826 g/mol. The molecule has 0 bridgehead atoms. The summed E-state index contributed by atoms with van der Waals surface area (Å²) >= 11 is 0. The molecule has 0 aromatic heterocycles. The van der Waals surface area contributed by atoms with E-state index in [4.69, 9.17) is 29.4 Å². The number of hydrogen-bond donors (Lipinski definition) is 3. The minimum Gasteiger partial charge on any atom is -0.480 e. The van der Waals surface area contributed by atoms with E-state index in [1.54, 1.807) is 0 Å². The highest BCUT2D eigenvalue weighted by molar-refractivity contribution is 7.47. The second kappa shape index (κ2) is 42.1. The number of carboxylic acid groups (broad SMARTS) is 1. The number of allylic oxidation sites excluding steroid dienone is 8. The number of ether oxygens (including phenoxy) is 2. The predicted molar refractivity (Wildman–Crippen MR) is 235 cm³/mol.